The molecular formula is C17H21N3O2. The normalized spacial score (nSPS) is 10.0. The molecule has 116 valence electrons. The topological polar surface area (TPSA) is 76.4 Å². The van der Waals surface area contributed by atoms with Gasteiger partial charge in [0.15, 0.2) is 6.61 Å². The lowest BCUT2D eigenvalue weighted by atomic mass is 10.2. The Kier molecular flexibility index (Phi) is 6.26. The minimum atomic E-state index is -0.144. The van der Waals surface area contributed by atoms with Crippen LogP contribution in [0, 0.1) is 0 Å². The number of carbonyl (C=O) groups is 1. The van der Waals surface area contributed by atoms with Crippen molar-refractivity contribution in [2.75, 3.05) is 25.0 Å². The predicted molar refractivity (Wildman–Crippen MR) is 87.8 cm³/mol. The van der Waals surface area contributed by atoms with Gasteiger partial charge in [-0.1, -0.05) is 30.3 Å². The number of carbonyl (C=O) groups excluding carboxylic acids is 1. The molecule has 2 rings (SSSR count). The third-order valence-corrected chi connectivity index (χ3v) is 3.03. The molecule has 0 heterocycles. The molecule has 0 aliphatic heterocycles. The number of rotatable bonds is 8. The first kappa shape index (κ1) is 15.9. The fraction of sp³-hybridized carbons (Fsp3) is 0.235. The summed E-state index contributed by atoms with van der Waals surface area (Å²) >= 11 is 0. The molecule has 0 aliphatic rings. The molecule has 0 spiro atoms. The number of hydrogen-bond acceptors (Lipinski definition) is 4. The van der Waals surface area contributed by atoms with Crippen molar-refractivity contribution in [1.82, 2.24) is 5.32 Å². The van der Waals surface area contributed by atoms with E-state index in [2.05, 4.69) is 10.6 Å². The number of nitrogens with two attached hydrogens (primary N) is 1. The van der Waals surface area contributed by atoms with Gasteiger partial charge < -0.3 is 21.1 Å². The molecule has 0 aromatic heterocycles. The smallest absolute Gasteiger partial charge is 0.258 e. The largest absolute Gasteiger partial charge is 0.484 e. The van der Waals surface area contributed by atoms with Crippen LogP contribution < -0.4 is 21.1 Å². The zero-order valence-corrected chi connectivity index (χ0v) is 12.4. The second-order valence-corrected chi connectivity index (χ2v) is 4.79. The molecule has 0 saturated heterocycles. The van der Waals surface area contributed by atoms with Gasteiger partial charge in [-0.2, -0.15) is 0 Å². The van der Waals surface area contributed by atoms with Gasteiger partial charge in [0.1, 0.15) is 5.75 Å². The van der Waals surface area contributed by atoms with E-state index >= 15 is 0 Å². The van der Waals surface area contributed by atoms with Crippen molar-refractivity contribution < 1.29 is 9.53 Å². The highest BCUT2D eigenvalue weighted by Crippen LogP contribution is 2.15. The fourth-order valence-corrected chi connectivity index (χ4v) is 1.88. The third kappa shape index (κ3) is 5.46. The summed E-state index contributed by atoms with van der Waals surface area (Å²) in [5.74, 6) is 0.516. The van der Waals surface area contributed by atoms with E-state index in [4.69, 9.17) is 10.5 Å². The first-order valence-electron chi connectivity index (χ1n) is 7.25. The lowest BCUT2D eigenvalue weighted by Crippen LogP contribution is -2.28. The highest BCUT2D eigenvalue weighted by atomic mass is 16.5. The number of amides is 1. The maximum Gasteiger partial charge on any atom is 0.258 e. The van der Waals surface area contributed by atoms with Crippen molar-refractivity contribution in [1.29, 1.82) is 0 Å². The minimum Gasteiger partial charge on any atom is -0.484 e. The molecule has 0 unspecified atom stereocenters. The van der Waals surface area contributed by atoms with Gasteiger partial charge in [-0.15, -0.1) is 0 Å². The molecule has 0 atom stereocenters. The molecule has 1 amide bonds. The van der Waals surface area contributed by atoms with Crippen molar-refractivity contribution in [2.45, 2.75) is 6.54 Å². The number of anilines is 1. The van der Waals surface area contributed by atoms with E-state index < -0.39 is 0 Å². The molecule has 2 aromatic rings. The molecule has 0 radical (unpaired) electrons. The Morgan fingerprint density at radius 1 is 1.05 bits per heavy atom. The van der Waals surface area contributed by atoms with E-state index in [1.807, 2.05) is 54.6 Å². The van der Waals surface area contributed by atoms with Gasteiger partial charge in [0, 0.05) is 25.3 Å². The van der Waals surface area contributed by atoms with Crippen LogP contribution in [0.3, 0.4) is 0 Å². The Bertz CT molecular complexity index is 570. The highest BCUT2D eigenvalue weighted by molar-refractivity contribution is 5.77. The van der Waals surface area contributed by atoms with Crippen LogP contribution in [0.25, 0.3) is 0 Å². The summed E-state index contributed by atoms with van der Waals surface area (Å²) in [6, 6.07) is 17.2. The third-order valence-electron chi connectivity index (χ3n) is 3.03. The molecule has 5 nitrogen and oxygen atoms in total. The van der Waals surface area contributed by atoms with Crippen molar-refractivity contribution >= 4 is 11.6 Å². The van der Waals surface area contributed by atoms with Crippen LogP contribution in [0.5, 0.6) is 5.75 Å². The van der Waals surface area contributed by atoms with Gasteiger partial charge in [0.05, 0.1) is 0 Å². The van der Waals surface area contributed by atoms with Gasteiger partial charge in [-0.25, -0.2) is 0 Å². The van der Waals surface area contributed by atoms with Gasteiger partial charge in [-0.05, 0) is 29.8 Å². The highest BCUT2D eigenvalue weighted by Gasteiger charge is 2.03. The van der Waals surface area contributed by atoms with Crippen LogP contribution in [0.2, 0.25) is 0 Å². The molecular weight excluding hydrogens is 278 g/mol. The number of nitrogens with one attached hydrogen (secondary N) is 2. The van der Waals surface area contributed by atoms with Crippen molar-refractivity contribution in [3.63, 3.8) is 0 Å². The maximum absolute atomic E-state index is 11.7. The monoisotopic (exact) mass is 299 g/mol. The molecule has 0 saturated carbocycles. The van der Waals surface area contributed by atoms with Crippen molar-refractivity contribution in [3.8, 4) is 5.75 Å². The first-order valence-corrected chi connectivity index (χ1v) is 7.25. The summed E-state index contributed by atoms with van der Waals surface area (Å²) < 4.78 is 5.45. The minimum absolute atomic E-state index is 0.00239. The number of benzene rings is 2. The summed E-state index contributed by atoms with van der Waals surface area (Å²) in [5.41, 5.74) is 7.47. The van der Waals surface area contributed by atoms with Crippen LogP contribution in [-0.4, -0.2) is 25.6 Å². The molecule has 5 heteroatoms. The first-order chi connectivity index (χ1) is 10.8. The molecule has 0 bridgehead atoms. The van der Waals surface area contributed by atoms with E-state index in [9.17, 15) is 4.79 Å². The second kappa shape index (κ2) is 8.69. The number of ether oxygens (including phenoxy) is 1. The zero-order chi connectivity index (χ0) is 15.6. The summed E-state index contributed by atoms with van der Waals surface area (Å²) in [4.78, 5) is 11.7. The standard InChI is InChI=1S/C17H21N3O2/c18-10-11-19-15-6-8-16(9-7-15)22-13-17(21)20-12-14-4-2-1-3-5-14/h1-9,19H,10-13,18H2,(H,20,21). The molecule has 0 aliphatic carbocycles. The molecule has 0 fully saturated rings. The quantitative estimate of drug-likeness (QED) is 0.694. The van der Waals surface area contributed by atoms with Crippen LogP contribution >= 0.6 is 0 Å². The summed E-state index contributed by atoms with van der Waals surface area (Å²) in [6.45, 7) is 1.81. The van der Waals surface area contributed by atoms with E-state index in [1.54, 1.807) is 0 Å². The fourth-order valence-electron chi connectivity index (χ4n) is 1.88. The van der Waals surface area contributed by atoms with Crippen LogP contribution in [-0.2, 0) is 11.3 Å². The molecule has 22 heavy (non-hydrogen) atoms. The lowest BCUT2D eigenvalue weighted by molar-refractivity contribution is -0.123. The Morgan fingerprint density at radius 2 is 1.77 bits per heavy atom. The van der Waals surface area contributed by atoms with Gasteiger partial charge in [0.25, 0.3) is 5.91 Å². The van der Waals surface area contributed by atoms with E-state index in [1.165, 1.54) is 0 Å². The van der Waals surface area contributed by atoms with Gasteiger partial charge in [0.2, 0.25) is 0 Å². The van der Waals surface area contributed by atoms with Crippen molar-refractivity contribution in [3.05, 3.63) is 60.2 Å². The average molecular weight is 299 g/mol. The van der Waals surface area contributed by atoms with Crippen LogP contribution in [0.4, 0.5) is 5.69 Å². The molecule has 4 N–H and O–H groups in total. The SMILES string of the molecule is NCCNc1ccc(OCC(=O)NCc2ccccc2)cc1. The molecule has 2 aromatic carbocycles. The Hall–Kier alpha value is -2.53. The number of hydrogen-bond donors (Lipinski definition) is 3. The Morgan fingerprint density at radius 3 is 2.45 bits per heavy atom. The van der Waals surface area contributed by atoms with Crippen LogP contribution in [0.1, 0.15) is 5.56 Å². The lowest BCUT2D eigenvalue weighted by Gasteiger charge is -2.09. The summed E-state index contributed by atoms with van der Waals surface area (Å²) in [5, 5.41) is 5.98. The van der Waals surface area contributed by atoms with E-state index in [-0.39, 0.29) is 12.5 Å². The van der Waals surface area contributed by atoms with Gasteiger partial charge in [-0.3, -0.25) is 4.79 Å². The van der Waals surface area contributed by atoms with E-state index in [0.717, 1.165) is 17.8 Å². The van der Waals surface area contributed by atoms with Crippen LogP contribution in [0.15, 0.2) is 54.6 Å². The Labute approximate surface area is 130 Å². The summed E-state index contributed by atoms with van der Waals surface area (Å²) in [6.07, 6.45) is 0. The second-order valence-electron chi connectivity index (χ2n) is 4.79. The average Bonchev–Trinajstić information content (AvgIpc) is 2.58. The maximum atomic E-state index is 11.7. The zero-order valence-electron chi connectivity index (χ0n) is 12.4. The van der Waals surface area contributed by atoms with Crippen molar-refractivity contribution in [2.24, 2.45) is 5.73 Å². The van der Waals surface area contributed by atoms with E-state index in [0.29, 0.717) is 18.8 Å². The summed E-state index contributed by atoms with van der Waals surface area (Å²) in [7, 11) is 0. The predicted octanol–water partition coefficient (Wildman–Crippen LogP) is 1.75. The van der Waals surface area contributed by atoms with Gasteiger partial charge >= 0.3 is 0 Å². The Balaban J connectivity index is 1.71.